The number of para-hydroxylation sites is 1. The summed E-state index contributed by atoms with van der Waals surface area (Å²) in [6, 6.07) is 19.8. The van der Waals surface area contributed by atoms with Gasteiger partial charge in [0.05, 0.1) is 17.4 Å². The van der Waals surface area contributed by atoms with Crippen LogP contribution < -0.4 is 5.73 Å². The van der Waals surface area contributed by atoms with E-state index in [2.05, 4.69) is 15.1 Å². The molecule has 0 spiro atoms. The van der Waals surface area contributed by atoms with Crippen LogP contribution in [0.15, 0.2) is 78.2 Å². The molecule has 0 saturated heterocycles. The van der Waals surface area contributed by atoms with E-state index in [-0.39, 0.29) is 12.0 Å². The maximum absolute atomic E-state index is 6.12. The quantitative estimate of drug-likeness (QED) is 0.582. The van der Waals surface area contributed by atoms with E-state index in [0.29, 0.717) is 17.3 Å². The molecule has 1 aliphatic heterocycles. The molecule has 7 nitrogen and oxygen atoms in total. The Balaban J connectivity index is 1.55. The van der Waals surface area contributed by atoms with Crippen LogP contribution in [0.25, 0.3) is 22.2 Å². The highest BCUT2D eigenvalue weighted by Gasteiger charge is 2.30. The summed E-state index contributed by atoms with van der Waals surface area (Å²) in [4.78, 5) is 13.6. The normalized spacial score (nSPS) is 16.0. The number of ether oxygens (including phenoxy) is 1. The number of rotatable bonds is 3. The van der Waals surface area contributed by atoms with Gasteiger partial charge in [0.15, 0.2) is 11.5 Å². The number of aromatic nitrogens is 3. The van der Waals surface area contributed by atoms with E-state index in [1.807, 2.05) is 67.7 Å². The van der Waals surface area contributed by atoms with Crippen molar-refractivity contribution in [1.82, 2.24) is 20.0 Å². The second-order valence-corrected chi connectivity index (χ2v) is 6.73. The Hall–Kier alpha value is -4.00. The molecule has 5 rings (SSSR count). The van der Waals surface area contributed by atoms with Crippen molar-refractivity contribution < 1.29 is 4.74 Å². The van der Waals surface area contributed by atoms with E-state index in [0.717, 1.165) is 22.0 Å². The van der Waals surface area contributed by atoms with Crippen molar-refractivity contribution in [2.45, 2.75) is 6.23 Å². The van der Waals surface area contributed by atoms with Crippen LogP contribution in [0.2, 0.25) is 0 Å². The minimum atomic E-state index is -0.338. The summed E-state index contributed by atoms with van der Waals surface area (Å²) in [5.74, 6) is 0.615. The third-order valence-electron chi connectivity index (χ3n) is 4.81. The molecule has 7 heteroatoms. The summed E-state index contributed by atoms with van der Waals surface area (Å²) in [7, 11) is 1.85. The second kappa shape index (κ2) is 6.87. The van der Waals surface area contributed by atoms with Gasteiger partial charge in [0, 0.05) is 29.8 Å². The van der Waals surface area contributed by atoms with Crippen molar-refractivity contribution >= 4 is 22.6 Å². The molecule has 0 bridgehead atoms. The molecule has 0 aliphatic carbocycles. The molecule has 1 atom stereocenters. The Morgan fingerprint density at radius 1 is 0.966 bits per heavy atom. The monoisotopic (exact) mass is 382 g/mol. The zero-order valence-corrected chi connectivity index (χ0v) is 15.7. The van der Waals surface area contributed by atoms with E-state index in [1.54, 1.807) is 17.4 Å². The molecule has 0 radical (unpaired) electrons. The predicted octanol–water partition coefficient (Wildman–Crippen LogP) is 3.60. The number of nitrogens with two attached hydrogens (primary N) is 1. The molecule has 29 heavy (non-hydrogen) atoms. The Bertz CT molecular complexity index is 1220. The highest BCUT2D eigenvalue weighted by Crippen LogP contribution is 2.31. The Kier molecular flexibility index (Phi) is 4.05. The standard InChI is InChI=1S/C22H18N6O/c1-28-22(15-7-3-2-4-8-15)29-21(27-28)19-20(23)25-13-17(26-19)16-11-5-9-14-10-6-12-24-18(14)16/h2-13,22H,1H3,(H2,23,25). The summed E-state index contributed by atoms with van der Waals surface area (Å²) < 4.78 is 6.08. The van der Waals surface area contributed by atoms with E-state index in [9.17, 15) is 0 Å². The maximum Gasteiger partial charge on any atom is 0.263 e. The molecular formula is C22H18N6O. The summed E-state index contributed by atoms with van der Waals surface area (Å²) in [6.07, 6.45) is 3.08. The van der Waals surface area contributed by atoms with Crippen LogP contribution in [0.3, 0.4) is 0 Å². The molecule has 1 unspecified atom stereocenters. The molecule has 1 aliphatic rings. The first-order valence-corrected chi connectivity index (χ1v) is 9.21. The third kappa shape index (κ3) is 3.02. The maximum atomic E-state index is 6.12. The van der Waals surface area contributed by atoms with Crippen LogP contribution in [-0.4, -0.2) is 32.9 Å². The molecule has 2 N–H and O–H groups in total. The molecular weight excluding hydrogens is 364 g/mol. The summed E-state index contributed by atoms with van der Waals surface area (Å²) in [6.45, 7) is 0. The number of nitrogen functional groups attached to an aromatic ring is 1. The van der Waals surface area contributed by atoms with Gasteiger partial charge in [0.25, 0.3) is 5.90 Å². The smallest absolute Gasteiger partial charge is 0.263 e. The molecule has 3 heterocycles. The second-order valence-electron chi connectivity index (χ2n) is 6.73. The van der Waals surface area contributed by atoms with Gasteiger partial charge in [0.1, 0.15) is 0 Å². The van der Waals surface area contributed by atoms with Crippen LogP contribution >= 0.6 is 0 Å². The highest BCUT2D eigenvalue weighted by molar-refractivity contribution is 5.98. The largest absolute Gasteiger partial charge is 0.445 e. The van der Waals surface area contributed by atoms with Crippen molar-refractivity contribution in [3.63, 3.8) is 0 Å². The van der Waals surface area contributed by atoms with Gasteiger partial charge in [-0.05, 0) is 6.07 Å². The van der Waals surface area contributed by atoms with Gasteiger partial charge in [-0.3, -0.25) is 9.99 Å². The van der Waals surface area contributed by atoms with E-state index in [1.165, 1.54) is 0 Å². The molecule has 2 aromatic heterocycles. The first-order chi connectivity index (χ1) is 14.2. The zero-order chi connectivity index (χ0) is 19.8. The molecule has 4 aromatic rings. The van der Waals surface area contributed by atoms with E-state index < -0.39 is 0 Å². The van der Waals surface area contributed by atoms with E-state index >= 15 is 0 Å². The van der Waals surface area contributed by atoms with Crippen molar-refractivity contribution in [3.05, 3.63) is 84.3 Å². The number of benzene rings is 2. The number of fused-ring (bicyclic) bond motifs is 1. The SMILES string of the molecule is CN1N=C(c2nc(-c3cccc4cccnc34)cnc2N)OC1c1ccccc1. The average molecular weight is 382 g/mol. The number of pyridine rings is 1. The van der Waals surface area contributed by atoms with Gasteiger partial charge in [-0.1, -0.05) is 54.6 Å². The Morgan fingerprint density at radius 3 is 2.66 bits per heavy atom. The molecule has 0 amide bonds. The Morgan fingerprint density at radius 2 is 1.79 bits per heavy atom. The molecule has 0 saturated carbocycles. The molecule has 0 fully saturated rings. The molecule has 2 aromatic carbocycles. The lowest BCUT2D eigenvalue weighted by atomic mass is 10.1. The van der Waals surface area contributed by atoms with Crippen LogP contribution in [0, 0.1) is 0 Å². The van der Waals surface area contributed by atoms with Crippen LogP contribution in [0.5, 0.6) is 0 Å². The number of anilines is 1. The van der Waals surface area contributed by atoms with Crippen molar-refractivity contribution in [3.8, 4) is 11.3 Å². The van der Waals surface area contributed by atoms with Crippen molar-refractivity contribution in [2.24, 2.45) is 5.10 Å². The average Bonchev–Trinajstić information content (AvgIpc) is 3.16. The van der Waals surface area contributed by atoms with Crippen LogP contribution in [0.1, 0.15) is 17.5 Å². The Labute approximate surface area is 167 Å². The fraction of sp³-hybridized carbons (Fsp3) is 0.0909. The summed E-state index contributed by atoms with van der Waals surface area (Å²) >= 11 is 0. The van der Waals surface area contributed by atoms with Gasteiger partial charge in [-0.15, -0.1) is 5.10 Å². The van der Waals surface area contributed by atoms with Gasteiger partial charge in [0.2, 0.25) is 6.23 Å². The van der Waals surface area contributed by atoms with Crippen molar-refractivity contribution in [1.29, 1.82) is 0 Å². The first kappa shape index (κ1) is 17.1. The lowest BCUT2D eigenvalue weighted by Crippen LogP contribution is -2.16. The van der Waals surface area contributed by atoms with Gasteiger partial charge in [-0.2, -0.15) is 0 Å². The number of nitrogens with zero attached hydrogens (tertiary/aromatic N) is 5. The van der Waals surface area contributed by atoms with Gasteiger partial charge in [-0.25, -0.2) is 9.97 Å². The first-order valence-electron chi connectivity index (χ1n) is 9.21. The summed E-state index contributed by atoms with van der Waals surface area (Å²) in [5.41, 5.74) is 9.93. The zero-order valence-electron chi connectivity index (χ0n) is 15.7. The number of hydrogen-bond acceptors (Lipinski definition) is 7. The molecule has 142 valence electrons. The number of hydrazone groups is 1. The van der Waals surface area contributed by atoms with Crippen LogP contribution in [-0.2, 0) is 4.74 Å². The van der Waals surface area contributed by atoms with Crippen LogP contribution in [0.4, 0.5) is 5.82 Å². The topological polar surface area (TPSA) is 89.5 Å². The lowest BCUT2D eigenvalue weighted by Gasteiger charge is -2.17. The van der Waals surface area contributed by atoms with Gasteiger partial charge < -0.3 is 10.5 Å². The minimum Gasteiger partial charge on any atom is -0.445 e. The number of hydrogen-bond donors (Lipinski definition) is 1. The van der Waals surface area contributed by atoms with Crippen molar-refractivity contribution in [2.75, 3.05) is 12.8 Å². The minimum absolute atomic E-state index is 0.266. The fourth-order valence-corrected chi connectivity index (χ4v) is 3.40. The van der Waals surface area contributed by atoms with E-state index in [4.69, 9.17) is 15.5 Å². The predicted molar refractivity (Wildman–Crippen MR) is 112 cm³/mol. The fourth-order valence-electron chi connectivity index (χ4n) is 3.40. The highest BCUT2D eigenvalue weighted by atomic mass is 16.5. The lowest BCUT2D eigenvalue weighted by molar-refractivity contribution is 0.0778. The third-order valence-corrected chi connectivity index (χ3v) is 4.81. The summed E-state index contributed by atoms with van der Waals surface area (Å²) in [5, 5.41) is 7.28. The van der Waals surface area contributed by atoms with Gasteiger partial charge >= 0.3 is 0 Å².